The van der Waals surface area contributed by atoms with Crippen molar-refractivity contribution in [2.45, 2.75) is 32.0 Å². The van der Waals surface area contributed by atoms with Gasteiger partial charge in [-0.1, -0.05) is 11.6 Å². The number of alkyl halides is 3. The molecular weight excluding hydrogens is 270 g/mol. The fourth-order valence-corrected chi connectivity index (χ4v) is 1.77. The number of halogens is 5. The van der Waals surface area contributed by atoms with Crippen molar-refractivity contribution < 1.29 is 17.6 Å². The van der Waals surface area contributed by atoms with Gasteiger partial charge in [0, 0.05) is 18.0 Å². The molecule has 1 aromatic carbocycles. The molecule has 0 saturated carbocycles. The van der Waals surface area contributed by atoms with E-state index in [1.54, 1.807) is 6.07 Å². The van der Waals surface area contributed by atoms with E-state index in [0.717, 1.165) is 0 Å². The highest BCUT2D eigenvalue weighted by atomic mass is 35.5. The number of rotatable bonds is 6. The standard InChI is InChI=1S/C12H14ClF4N/c13-10-5-9(6-11(14)7-10)8-18-4-2-1-3-12(15,16)17/h5-7,18H,1-4,8H2. The van der Waals surface area contributed by atoms with Gasteiger partial charge in [0.05, 0.1) is 0 Å². The Morgan fingerprint density at radius 1 is 1.11 bits per heavy atom. The van der Waals surface area contributed by atoms with Crippen LogP contribution >= 0.6 is 11.6 Å². The molecule has 0 fully saturated rings. The SMILES string of the molecule is Fc1cc(Cl)cc(CNCCCCC(F)(F)F)c1. The fraction of sp³-hybridized carbons (Fsp3) is 0.500. The second-order valence-corrected chi connectivity index (χ2v) is 4.46. The summed E-state index contributed by atoms with van der Waals surface area (Å²) in [5.74, 6) is -0.420. The highest BCUT2D eigenvalue weighted by molar-refractivity contribution is 6.30. The van der Waals surface area contributed by atoms with Crippen LogP contribution in [0.4, 0.5) is 17.6 Å². The van der Waals surface area contributed by atoms with Gasteiger partial charge < -0.3 is 5.32 Å². The zero-order valence-electron chi connectivity index (χ0n) is 9.66. The summed E-state index contributed by atoms with van der Waals surface area (Å²) in [7, 11) is 0. The molecule has 0 aliphatic carbocycles. The summed E-state index contributed by atoms with van der Waals surface area (Å²) < 4.78 is 48.5. The third-order valence-corrected chi connectivity index (χ3v) is 2.53. The number of unbranched alkanes of at least 4 members (excludes halogenated alkanes) is 1. The number of hydrogen-bond acceptors (Lipinski definition) is 1. The predicted octanol–water partition coefficient (Wildman–Crippen LogP) is 4.30. The Morgan fingerprint density at radius 3 is 2.44 bits per heavy atom. The lowest BCUT2D eigenvalue weighted by molar-refractivity contribution is -0.135. The zero-order valence-corrected chi connectivity index (χ0v) is 10.4. The molecule has 1 aromatic rings. The smallest absolute Gasteiger partial charge is 0.313 e. The summed E-state index contributed by atoms with van der Waals surface area (Å²) in [6, 6.07) is 4.16. The second kappa shape index (κ2) is 6.95. The number of hydrogen-bond donors (Lipinski definition) is 1. The monoisotopic (exact) mass is 283 g/mol. The average Bonchev–Trinajstić information content (AvgIpc) is 2.20. The van der Waals surface area contributed by atoms with Crippen LogP contribution in [-0.2, 0) is 6.54 Å². The summed E-state index contributed by atoms with van der Waals surface area (Å²) in [5, 5.41) is 3.26. The Hall–Kier alpha value is -0.810. The first-order valence-electron chi connectivity index (χ1n) is 5.59. The minimum absolute atomic E-state index is 0.0976. The molecule has 0 aliphatic heterocycles. The molecule has 0 saturated heterocycles. The molecule has 0 aromatic heterocycles. The van der Waals surface area contributed by atoms with E-state index in [0.29, 0.717) is 30.1 Å². The molecule has 1 rings (SSSR count). The summed E-state index contributed by atoms with van der Waals surface area (Å²) in [6.45, 7) is 0.855. The van der Waals surface area contributed by atoms with Crippen molar-refractivity contribution in [1.82, 2.24) is 5.32 Å². The molecule has 0 amide bonds. The fourth-order valence-electron chi connectivity index (χ4n) is 1.52. The van der Waals surface area contributed by atoms with E-state index in [-0.39, 0.29) is 6.42 Å². The van der Waals surface area contributed by atoms with Crippen LogP contribution in [0.3, 0.4) is 0 Å². The van der Waals surface area contributed by atoms with Gasteiger partial charge in [0.1, 0.15) is 5.82 Å². The van der Waals surface area contributed by atoms with Crippen molar-refractivity contribution >= 4 is 11.6 Å². The molecule has 1 nitrogen and oxygen atoms in total. The third kappa shape index (κ3) is 6.81. The van der Waals surface area contributed by atoms with Crippen LogP contribution in [-0.4, -0.2) is 12.7 Å². The Balaban J connectivity index is 2.18. The minimum atomic E-state index is -4.09. The molecule has 18 heavy (non-hydrogen) atoms. The molecular formula is C12H14ClF4N. The Kier molecular flexibility index (Phi) is 5.88. The molecule has 0 atom stereocenters. The Morgan fingerprint density at radius 2 is 1.83 bits per heavy atom. The molecule has 0 bridgehead atoms. The van der Waals surface area contributed by atoms with E-state index in [1.807, 2.05) is 0 Å². The predicted molar refractivity (Wildman–Crippen MR) is 63.0 cm³/mol. The molecule has 6 heteroatoms. The average molecular weight is 284 g/mol. The lowest BCUT2D eigenvalue weighted by Crippen LogP contribution is -2.16. The summed E-state index contributed by atoms with van der Waals surface area (Å²) in [5.41, 5.74) is 0.677. The van der Waals surface area contributed by atoms with Crippen LogP contribution in [0.1, 0.15) is 24.8 Å². The normalized spacial score (nSPS) is 11.8. The maximum atomic E-state index is 13.0. The van der Waals surface area contributed by atoms with Crippen LogP contribution in [0.15, 0.2) is 18.2 Å². The first-order chi connectivity index (χ1) is 8.37. The first-order valence-corrected chi connectivity index (χ1v) is 5.97. The zero-order chi connectivity index (χ0) is 13.6. The van der Waals surface area contributed by atoms with Crippen LogP contribution < -0.4 is 5.32 Å². The van der Waals surface area contributed by atoms with Crippen molar-refractivity contribution in [3.63, 3.8) is 0 Å². The quantitative estimate of drug-likeness (QED) is 0.606. The van der Waals surface area contributed by atoms with Crippen LogP contribution in [0.2, 0.25) is 5.02 Å². The molecule has 0 aliphatic rings. The largest absolute Gasteiger partial charge is 0.389 e. The van der Waals surface area contributed by atoms with Crippen molar-refractivity contribution in [2.75, 3.05) is 6.54 Å². The van der Waals surface area contributed by atoms with Gasteiger partial charge in [0.2, 0.25) is 0 Å². The van der Waals surface area contributed by atoms with Gasteiger partial charge in [-0.3, -0.25) is 0 Å². The number of benzene rings is 1. The molecule has 102 valence electrons. The van der Waals surface area contributed by atoms with E-state index in [9.17, 15) is 17.6 Å². The van der Waals surface area contributed by atoms with E-state index in [2.05, 4.69) is 5.32 Å². The van der Waals surface area contributed by atoms with Crippen molar-refractivity contribution in [1.29, 1.82) is 0 Å². The van der Waals surface area contributed by atoms with E-state index in [4.69, 9.17) is 11.6 Å². The summed E-state index contributed by atoms with van der Waals surface area (Å²) in [4.78, 5) is 0. The Bertz CT molecular complexity index is 359. The molecule has 0 radical (unpaired) electrons. The van der Waals surface area contributed by atoms with Crippen LogP contribution in [0, 0.1) is 5.82 Å². The summed E-state index contributed by atoms with van der Waals surface area (Å²) >= 11 is 5.67. The third-order valence-electron chi connectivity index (χ3n) is 2.32. The number of nitrogens with one attached hydrogen (secondary N) is 1. The van der Waals surface area contributed by atoms with Gasteiger partial charge in [-0.05, 0) is 43.1 Å². The second-order valence-electron chi connectivity index (χ2n) is 4.03. The van der Waals surface area contributed by atoms with Gasteiger partial charge in [0.25, 0.3) is 0 Å². The Labute approximate surface area is 108 Å². The molecule has 1 N–H and O–H groups in total. The van der Waals surface area contributed by atoms with E-state index >= 15 is 0 Å². The lowest BCUT2D eigenvalue weighted by atomic mass is 10.2. The topological polar surface area (TPSA) is 12.0 Å². The highest BCUT2D eigenvalue weighted by Gasteiger charge is 2.25. The van der Waals surface area contributed by atoms with Crippen molar-refractivity contribution in [3.8, 4) is 0 Å². The van der Waals surface area contributed by atoms with Gasteiger partial charge in [-0.15, -0.1) is 0 Å². The van der Waals surface area contributed by atoms with Gasteiger partial charge in [-0.25, -0.2) is 4.39 Å². The maximum Gasteiger partial charge on any atom is 0.389 e. The van der Waals surface area contributed by atoms with Crippen molar-refractivity contribution in [2.24, 2.45) is 0 Å². The summed E-state index contributed by atoms with van der Waals surface area (Å²) in [6.07, 6.45) is -4.32. The van der Waals surface area contributed by atoms with Gasteiger partial charge in [0.15, 0.2) is 0 Å². The van der Waals surface area contributed by atoms with Crippen LogP contribution in [0.25, 0.3) is 0 Å². The van der Waals surface area contributed by atoms with E-state index < -0.39 is 18.4 Å². The van der Waals surface area contributed by atoms with Crippen LogP contribution in [0.5, 0.6) is 0 Å². The molecule has 0 unspecified atom stereocenters. The molecule has 0 heterocycles. The maximum absolute atomic E-state index is 13.0. The minimum Gasteiger partial charge on any atom is -0.313 e. The van der Waals surface area contributed by atoms with Gasteiger partial charge >= 0.3 is 6.18 Å². The lowest BCUT2D eigenvalue weighted by Gasteiger charge is -2.07. The highest BCUT2D eigenvalue weighted by Crippen LogP contribution is 2.21. The van der Waals surface area contributed by atoms with Gasteiger partial charge in [-0.2, -0.15) is 13.2 Å². The first kappa shape index (κ1) is 15.2. The van der Waals surface area contributed by atoms with Crippen molar-refractivity contribution in [3.05, 3.63) is 34.6 Å². The van der Waals surface area contributed by atoms with E-state index in [1.165, 1.54) is 12.1 Å². The molecule has 0 spiro atoms.